The van der Waals surface area contributed by atoms with E-state index in [1.807, 2.05) is 41.4 Å². The summed E-state index contributed by atoms with van der Waals surface area (Å²) in [6.45, 7) is 0.419. The minimum Gasteiger partial charge on any atom is -0.493 e. The molecule has 6 nitrogen and oxygen atoms in total. The van der Waals surface area contributed by atoms with Gasteiger partial charge in [0.2, 0.25) is 11.7 Å². The van der Waals surface area contributed by atoms with Crippen molar-refractivity contribution < 1.29 is 19.0 Å². The van der Waals surface area contributed by atoms with E-state index in [0.29, 0.717) is 29.5 Å². The second-order valence-electron chi connectivity index (χ2n) is 7.19. The van der Waals surface area contributed by atoms with E-state index in [0.717, 1.165) is 26.7 Å². The Balaban J connectivity index is 1.70. The number of halogens is 1. The van der Waals surface area contributed by atoms with Gasteiger partial charge >= 0.3 is 0 Å². The van der Waals surface area contributed by atoms with Crippen molar-refractivity contribution in [3.8, 4) is 28.4 Å². The SMILES string of the molecule is COc1cc(CN2C(=O)CSC2c2cnccc2-c2ccc(Br)cc2)cc(OC)c1OC. The predicted octanol–water partition coefficient (Wildman–Crippen LogP) is 5.31. The van der Waals surface area contributed by atoms with Crippen LogP contribution < -0.4 is 14.2 Å². The first-order valence-electron chi connectivity index (χ1n) is 9.95. The smallest absolute Gasteiger partial charge is 0.234 e. The molecule has 3 aromatic rings. The summed E-state index contributed by atoms with van der Waals surface area (Å²) in [5, 5.41) is -0.145. The van der Waals surface area contributed by atoms with Gasteiger partial charge in [0.05, 0.1) is 27.1 Å². The lowest BCUT2D eigenvalue weighted by molar-refractivity contribution is -0.128. The van der Waals surface area contributed by atoms with Crippen LogP contribution in [0.1, 0.15) is 16.5 Å². The van der Waals surface area contributed by atoms with E-state index in [9.17, 15) is 4.79 Å². The summed E-state index contributed by atoms with van der Waals surface area (Å²) >= 11 is 5.10. The van der Waals surface area contributed by atoms with E-state index in [4.69, 9.17) is 14.2 Å². The largest absolute Gasteiger partial charge is 0.493 e. The minimum absolute atomic E-state index is 0.0827. The zero-order valence-electron chi connectivity index (χ0n) is 18.0. The zero-order valence-corrected chi connectivity index (χ0v) is 20.4. The summed E-state index contributed by atoms with van der Waals surface area (Å²) in [4.78, 5) is 19.1. The van der Waals surface area contributed by atoms with Gasteiger partial charge in [-0.15, -0.1) is 11.8 Å². The molecule has 1 aliphatic rings. The number of amides is 1. The van der Waals surface area contributed by atoms with Crippen LogP contribution in [0.25, 0.3) is 11.1 Å². The average molecular weight is 515 g/mol. The average Bonchev–Trinajstić information content (AvgIpc) is 3.18. The molecule has 32 heavy (non-hydrogen) atoms. The van der Waals surface area contributed by atoms with Crippen molar-refractivity contribution in [3.05, 3.63) is 70.5 Å². The molecule has 0 N–H and O–H groups in total. The Morgan fingerprint density at radius 3 is 2.38 bits per heavy atom. The number of rotatable bonds is 7. The molecule has 2 aromatic carbocycles. The number of carbonyl (C=O) groups excluding carboxylic acids is 1. The van der Waals surface area contributed by atoms with Crippen molar-refractivity contribution in [2.75, 3.05) is 27.1 Å². The first kappa shape index (κ1) is 22.5. The summed E-state index contributed by atoms with van der Waals surface area (Å²) in [6.07, 6.45) is 3.64. The number of thioether (sulfide) groups is 1. The second kappa shape index (κ2) is 9.83. The van der Waals surface area contributed by atoms with Gasteiger partial charge in [0.1, 0.15) is 5.37 Å². The fourth-order valence-electron chi connectivity index (χ4n) is 3.80. The number of hydrogen-bond acceptors (Lipinski definition) is 6. The first-order chi connectivity index (χ1) is 15.5. The van der Waals surface area contributed by atoms with Gasteiger partial charge in [-0.1, -0.05) is 28.1 Å². The molecule has 1 aromatic heterocycles. The number of benzene rings is 2. The highest BCUT2D eigenvalue weighted by Crippen LogP contribution is 2.44. The number of hydrogen-bond donors (Lipinski definition) is 0. The van der Waals surface area contributed by atoms with Crippen molar-refractivity contribution in [1.82, 2.24) is 9.88 Å². The van der Waals surface area contributed by atoms with Crippen LogP contribution in [-0.4, -0.2) is 42.9 Å². The number of ether oxygens (including phenoxy) is 3. The molecule has 1 atom stereocenters. The van der Waals surface area contributed by atoms with Crippen molar-refractivity contribution >= 4 is 33.6 Å². The Labute approximate surface area is 200 Å². The highest BCUT2D eigenvalue weighted by molar-refractivity contribution is 9.10. The van der Waals surface area contributed by atoms with E-state index < -0.39 is 0 Å². The molecule has 8 heteroatoms. The van der Waals surface area contributed by atoms with Crippen LogP contribution in [0.2, 0.25) is 0 Å². The number of carbonyl (C=O) groups is 1. The van der Waals surface area contributed by atoms with Crippen molar-refractivity contribution in [1.29, 1.82) is 0 Å². The Kier molecular flexibility index (Phi) is 6.91. The molecule has 1 aliphatic heterocycles. The number of nitrogens with zero attached hydrogens (tertiary/aromatic N) is 2. The van der Waals surface area contributed by atoms with Gasteiger partial charge in [-0.25, -0.2) is 0 Å². The summed E-state index contributed by atoms with van der Waals surface area (Å²) in [5.74, 6) is 2.16. The van der Waals surface area contributed by atoms with Crippen molar-refractivity contribution in [2.45, 2.75) is 11.9 Å². The monoisotopic (exact) mass is 514 g/mol. The zero-order chi connectivity index (χ0) is 22.7. The summed E-state index contributed by atoms with van der Waals surface area (Å²) in [5.41, 5.74) is 4.06. The maximum absolute atomic E-state index is 12.9. The van der Waals surface area contributed by atoms with Gasteiger partial charge in [-0.05, 0) is 47.0 Å². The van der Waals surface area contributed by atoms with Gasteiger partial charge < -0.3 is 19.1 Å². The quantitative estimate of drug-likeness (QED) is 0.425. The molecule has 0 saturated carbocycles. The molecule has 2 heterocycles. The molecule has 4 rings (SSSR count). The Hall–Kier alpha value is -2.71. The van der Waals surface area contributed by atoms with Crippen LogP contribution in [0.3, 0.4) is 0 Å². The number of methoxy groups -OCH3 is 3. The third-order valence-corrected chi connectivity index (χ3v) is 7.09. The number of aromatic nitrogens is 1. The van der Waals surface area contributed by atoms with Crippen LogP contribution in [0.5, 0.6) is 17.2 Å². The van der Waals surface area contributed by atoms with Crippen LogP contribution >= 0.6 is 27.7 Å². The standard InChI is InChI=1S/C24H23BrN2O4S/c1-29-20-10-15(11-21(30-2)23(20)31-3)13-27-22(28)14-32-24(27)19-12-26-9-8-18(19)16-4-6-17(25)7-5-16/h4-12,24H,13-14H2,1-3H3. The second-order valence-corrected chi connectivity index (χ2v) is 9.17. The Morgan fingerprint density at radius 1 is 1.06 bits per heavy atom. The summed E-state index contributed by atoms with van der Waals surface area (Å²) < 4.78 is 17.4. The lowest BCUT2D eigenvalue weighted by Gasteiger charge is -2.26. The molecule has 1 amide bonds. The van der Waals surface area contributed by atoms with E-state index in [1.165, 1.54) is 0 Å². The normalized spacial score (nSPS) is 15.7. The van der Waals surface area contributed by atoms with Crippen molar-refractivity contribution in [3.63, 3.8) is 0 Å². The molecule has 1 saturated heterocycles. The van der Waals surface area contributed by atoms with Gasteiger partial charge in [0.15, 0.2) is 11.5 Å². The third-order valence-electron chi connectivity index (χ3n) is 5.32. The van der Waals surface area contributed by atoms with E-state index in [1.54, 1.807) is 39.3 Å². The summed E-state index contributed by atoms with van der Waals surface area (Å²) in [7, 11) is 4.74. The molecular weight excluding hydrogens is 492 g/mol. The van der Waals surface area contributed by atoms with E-state index in [-0.39, 0.29) is 11.3 Å². The van der Waals surface area contributed by atoms with Crippen molar-refractivity contribution in [2.24, 2.45) is 0 Å². The minimum atomic E-state index is -0.145. The topological polar surface area (TPSA) is 60.9 Å². The molecule has 1 unspecified atom stereocenters. The third kappa shape index (κ3) is 4.42. The lowest BCUT2D eigenvalue weighted by atomic mass is 10.0. The van der Waals surface area contributed by atoms with Gasteiger partial charge in [0.25, 0.3) is 0 Å². The van der Waals surface area contributed by atoms with Crippen LogP contribution in [-0.2, 0) is 11.3 Å². The molecular formula is C24H23BrN2O4S. The predicted molar refractivity (Wildman–Crippen MR) is 129 cm³/mol. The van der Waals surface area contributed by atoms with E-state index in [2.05, 4.69) is 33.0 Å². The highest BCUT2D eigenvalue weighted by Gasteiger charge is 2.34. The fourth-order valence-corrected chi connectivity index (χ4v) is 5.27. The Morgan fingerprint density at radius 2 is 1.75 bits per heavy atom. The molecule has 0 bridgehead atoms. The molecule has 0 radical (unpaired) electrons. The molecule has 0 aliphatic carbocycles. The van der Waals surface area contributed by atoms with Crippen LogP contribution in [0, 0.1) is 0 Å². The maximum Gasteiger partial charge on any atom is 0.234 e. The maximum atomic E-state index is 12.9. The van der Waals surface area contributed by atoms with Gasteiger partial charge in [0, 0.05) is 29.0 Å². The first-order valence-corrected chi connectivity index (χ1v) is 11.8. The molecule has 0 spiro atoms. The summed E-state index contributed by atoms with van der Waals surface area (Å²) in [6, 6.07) is 13.9. The number of pyridine rings is 1. The van der Waals surface area contributed by atoms with Crippen LogP contribution in [0.15, 0.2) is 59.3 Å². The molecule has 1 fully saturated rings. The Bertz CT molecular complexity index is 1100. The highest BCUT2D eigenvalue weighted by atomic mass is 79.9. The van der Waals surface area contributed by atoms with Gasteiger partial charge in [-0.2, -0.15) is 0 Å². The fraction of sp³-hybridized carbons (Fsp3) is 0.250. The van der Waals surface area contributed by atoms with Crippen LogP contribution in [0.4, 0.5) is 0 Å². The van der Waals surface area contributed by atoms with Gasteiger partial charge in [-0.3, -0.25) is 9.78 Å². The molecule has 166 valence electrons. The lowest BCUT2D eigenvalue weighted by Crippen LogP contribution is -2.28. The van der Waals surface area contributed by atoms with E-state index >= 15 is 0 Å².